The van der Waals surface area contributed by atoms with Gasteiger partial charge in [-0.05, 0) is 6.92 Å². The monoisotopic (exact) mass is 171 g/mol. The third kappa shape index (κ3) is 8.58. The van der Waals surface area contributed by atoms with Crippen LogP contribution < -0.4 is 56.7 Å². The van der Waals surface area contributed by atoms with Crippen LogP contribution in [0.5, 0.6) is 0 Å². The first-order valence-electron chi connectivity index (χ1n) is 2.64. The van der Waals surface area contributed by atoms with Crippen LogP contribution in [0.25, 0.3) is 0 Å². The van der Waals surface area contributed by atoms with E-state index in [4.69, 9.17) is 0 Å². The summed E-state index contributed by atoms with van der Waals surface area (Å²) in [6.07, 6.45) is 0.455. The Morgan fingerprint density at radius 1 is 1.80 bits per heavy atom. The van der Waals surface area contributed by atoms with E-state index in [-0.39, 0.29) is 59.4 Å². The molecule has 4 nitrogen and oxygen atoms in total. The zero-order chi connectivity index (χ0) is 7.11. The molecule has 0 aromatic carbocycles. The van der Waals surface area contributed by atoms with Gasteiger partial charge in [-0.25, -0.2) is 0 Å². The van der Waals surface area contributed by atoms with Gasteiger partial charge in [-0.3, -0.25) is 9.59 Å². The van der Waals surface area contributed by atoms with Gasteiger partial charge >= 0.3 is 57.4 Å². The summed E-state index contributed by atoms with van der Waals surface area (Å²) >= 11 is 0. The second-order valence-electron chi connectivity index (χ2n) is 1.30. The quantitative estimate of drug-likeness (QED) is 0.270. The fraction of sp³-hybridized carbons (Fsp3) is 0.600. The molecule has 0 aliphatic heterocycles. The Kier molecular flexibility index (Phi) is 12.6. The van der Waals surface area contributed by atoms with E-state index in [1.54, 1.807) is 6.92 Å². The number of nitrogens with one attached hydrogen (secondary N) is 1. The predicted octanol–water partition coefficient (Wildman–Crippen LogP) is -3.59. The first-order chi connectivity index (χ1) is 4.31. The third-order valence-electron chi connectivity index (χ3n) is 0.635. The number of carbonyl (C=O) groups excluding carboxylic acids is 2. The number of rotatable bonds is 4. The number of hydrogen-bond acceptors (Lipinski definition) is 3. The van der Waals surface area contributed by atoms with Crippen molar-refractivity contribution >= 4 is 12.4 Å². The molecular weight excluding hydrogens is 161 g/mol. The summed E-state index contributed by atoms with van der Waals surface area (Å²) in [6.45, 7) is 2.01. The average Bonchev–Trinajstić information content (AvgIpc) is 1.85. The molecule has 0 radical (unpaired) electrons. The van der Waals surface area contributed by atoms with E-state index in [2.05, 4.69) is 10.1 Å². The number of carbonyl (C=O) groups is 2. The minimum Gasteiger partial charge on any atom is -1.00 e. The maximum absolute atomic E-state index is 10.4. The fourth-order valence-corrected chi connectivity index (χ4v) is 0.337. The standard InChI is InChI=1S/C5H9NO3.K.H/c1-2-9-5(8)3-6-4-7;;/h4H,2-3H2,1H3,(H,6,7);;/q;+1;-1. The van der Waals surface area contributed by atoms with Gasteiger partial charge in [0.1, 0.15) is 6.54 Å². The van der Waals surface area contributed by atoms with Crippen molar-refractivity contribution in [1.29, 1.82) is 0 Å². The van der Waals surface area contributed by atoms with E-state index in [0.717, 1.165) is 0 Å². The van der Waals surface area contributed by atoms with Crippen LogP contribution in [0.1, 0.15) is 8.35 Å². The Hall–Kier alpha value is 0.576. The normalized spacial score (nSPS) is 7.30. The molecule has 54 valence electrons. The van der Waals surface area contributed by atoms with Gasteiger partial charge in [-0.2, -0.15) is 0 Å². The van der Waals surface area contributed by atoms with Gasteiger partial charge in [-0.1, -0.05) is 0 Å². The van der Waals surface area contributed by atoms with E-state index in [1.165, 1.54) is 0 Å². The number of ether oxygens (including phenoxy) is 1. The first kappa shape index (κ1) is 13.2. The van der Waals surface area contributed by atoms with Gasteiger partial charge in [0, 0.05) is 0 Å². The van der Waals surface area contributed by atoms with E-state index >= 15 is 0 Å². The molecule has 0 fully saturated rings. The maximum Gasteiger partial charge on any atom is 1.00 e. The third-order valence-corrected chi connectivity index (χ3v) is 0.635. The van der Waals surface area contributed by atoms with Crippen LogP contribution in [0.4, 0.5) is 0 Å². The summed E-state index contributed by atoms with van der Waals surface area (Å²) in [6, 6.07) is 0. The molecule has 0 rings (SSSR count). The molecule has 0 aromatic rings. The molecule has 0 aliphatic rings. The van der Waals surface area contributed by atoms with E-state index in [0.29, 0.717) is 13.0 Å². The molecule has 10 heavy (non-hydrogen) atoms. The second kappa shape index (κ2) is 9.58. The van der Waals surface area contributed by atoms with Gasteiger partial charge in [0.25, 0.3) is 0 Å². The summed E-state index contributed by atoms with van der Waals surface area (Å²) in [5.41, 5.74) is 0. The summed E-state index contributed by atoms with van der Waals surface area (Å²) in [4.78, 5) is 20.0. The van der Waals surface area contributed by atoms with Crippen molar-refractivity contribution in [3.05, 3.63) is 0 Å². The summed E-state index contributed by atoms with van der Waals surface area (Å²) < 4.78 is 4.48. The Bertz CT molecular complexity index is 112. The van der Waals surface area contributed by atoms with Crippen molar-refractivity contribution in [2.24, 2.45) is 0 Å². The second-order valence-corrected chi connectivity index (χ2v) is 1.30. The summed E-state index contributed by atoms with van der Waals surface area (Å²) in [7, 11) is 0. The molecule has 1 amide bonds. The van der Waals surface area contributed by atoms with Gasteiger partial charge in [0.05, 0.1) is 6.61 Å². The minimum absolute atomic E-state index is 0. The Morgan fingerprint density at radius 3 is 2.80 bits per heavy atom. The van der Waals surface area contributed by atoms with E-state index < -0.39 is 5.97 Å². The maximum atomic E-state index is 10.4. The van der Waals surface area contributed by atoms with Crippen molar-refractivity contribution in [2.45, 2.75) is 6.92 Å². The molecule has 0 aromatic heterocycles. The van der Waals surface area contributed by atoms with Crippen LogP contribution >= 0.6 is 0 Å². The molecule has 5 heteroatoms. The molecule has 0 saturated heterocycles. The number of hydrogen-bond donors (Lipinski definition) is 1. The average molecular weight is 171 g/mol. The van der Waals surface area contributed by atoms with Crippen molar-refractivity contribution in [3.63, 3.8) is 0 Å². The van der Waals surface area contributed by atoms with Crippen molar-refractivity contribution in [3.8, 4) is 0 Å². The van der Waals surface area contributed by atoms with Gasteiger partial charge in [0.15, 0.2) is 0 Å². The molecule has 0 saturated carbocycles. The van der Waals surface area contributed by atoms with Gasteiger partial charge in [0.2, 0.25) is 6.41 Å². The molecule has 0 unspecified atom stereocenters. The van der Waals surface area contributed by atoms with E-state index in [1.807, 2.05) is 0 Å². The molecule has 0 aliphatic carbocycles. The van der Waals surface area contributed by atoms with Crippen LogP contribution in [-0.4, -0.2) is 25.5 Å². The molecule has 1 N–H and O–H groups in total. The summed E-state index contributed by atoms with van der Waals surface area (Å²) in [5, 5.41) is 2.18. The molecule has 0 atom stereocenters. The Morgan fingerprint density at radius 2 is 2.40 bits per heavy atom. The largest absolute Gasteiger partial charge is 1.00 e. The van der Waals surface area contributed by atoms with Crippen LogP contribution in [0, 0.1) is 0 Å². The number of amides is 1. The van der Waals surface area contributed by atoms with Crippen LogP contribution in [0.15, 0.2) is 0 Å². The van der Waals surface area contributed by atoms with Crippen LogP contribution in [0.2, 0.25) is 0 Å². The zero-order valence-electron chi connectivity index (χ0n) is 7.22. The predicted molar refractivity (Wildman–Crippen MR) is 31.8 cm³/mol. The number of esters is 1. The van der Waals surface area contributed by atoms with Gasteiger partial charge < -0.3 is 11.5 Å². The minimum atomic E-state index is -0.412. The Labute approximate surface area is 104 Å². The molecule has 0 spiro atoms. The van der Waals surface area contributed by atoms with E-state index in [9.17, 15) is 9.59 Å². The summed E-state index contributed by atoms with van der Waals surface area (Å²) in [5.74, 6) is -0.412. The van der Waals surface area contributed by atoms with Crippen molar-refractivity contribution in [1.82, 2.24) is 5.32 Å². The zero-order valence-corrected chi connectivity index (χ0v) is 9.34. The van der Waals surface area contributed by atoms with Crippen LogP contribution in [0.3, 0.4) is 0 Å². The Balaban J connectivity index is -0.000000320. The fourth-order valence-electron chi connectivity index (χ4n) is 0.337. The molecular formula is C5H10KNO3. The topological polar surface area (TPSA) is 55.4 Å². The van der Waals surface area contributed by atoms with Gasteiger partial charge in [-0.15, -0.1) is 0 Å². The first-order valence-corrected chi connectivity index (χ1v) is 2.64. The van der Waals surface area contributed by atoms with Crippen molar-refractivity contribution in [2.75, 3.05) is 13.2 Å². The smallest absolute Gasteiger partial charge is 1.00 e. The molecule has 0 bridgehead atoms. The van der Waals surface area contributed by atoms with Crippen molar-refractivity contribution < 1.29 is 67.1 Å². The van der Waals surface area contributed by atoms with Crippen LogP contribution in [-0.2, 0) is 14.3 Å². The molecule has 0 heterocycles. The SMILES string of the molecule is CCOC(=O)CNC=O.[H-].[K+].